The van der Waals surface area contributed by atoms with Crippen molar-refractivity contribution in [3.8, 4) is 0 Å². The van der Waals surface area contributed by atoms with Gasteiger partial charge in [0.1, 0.15) is 12.6 Å². The molecule has 1 N–H and O–H groups in total. The number of anilines is 1. The molecule has 2 amide bonds. The maximum Gasteiger partial charge on any atom is 0.244 e. The molecule has 0 saturated carbocycles. The Kier molecular flexibility index (Phi) is 9.87. The van der Waals surface area contributed by atoms with Gasteiger partial charge in [-0.15, -0.1) is 0 Å². The number of carbonyl (C=O) groups is 2. The lowest BCUT2D eigenvalue weighted by Crippen LogP contribution is -2.55. The number of sulfonamides is 1. The summed E-state index contributed by atoms with van der Waals surface area (Å²) in [7, 11) is -3.90. The summed E-state index contributed by atoms with van der Waals surface area (Å²) in [5.41, 5.74) is 0.334. The first-order valence-corrected chi connectivity index (χ1v) is 13.9. The smallest absolute Gasteiger partial charge is 0.244 e. The Labute approximate surface area is 222 Å². The molecule has 7 nitrogen and oxygen atoms in total. The van der Waals surface area contributed by atoms with Crippen LogP contribution in [0.2, 0.25) is 15.1 Å². The first-order chi connectivity index (χ1) is 16.1. The molecule has 1 unspecified atom stereocenters. The van der Waals surface area contributed by atoms with E-state index >= 15 is 0 Å². The summed E-state index contributed by atoms with van der Waals surface area (Å²) in [5.74, 6) is -0.898. The van der Waals surface area contributed by atoms with Crippen LogP contribution >= 0.6 is 34.8 Å². The highest BCUT2D eigenvalue weighted by Gasteiger charge is 2.33. The highest BCUT2D eigenvalue weighted by molar-refractivity contribution is 7.92. The monoisotopic (exact) mass is 561 g/mol. The molecule has 0 spiro atoms. The minimum atomic E-state index is -3.90. The minimum Gasteiger partial charge on any atom is -0.350 e. The van der Waals surface area contributed by atoms with E-state index in [2.05, 4.69) is 5.32 Å². The molecule has 0 aromatic heterocycles. The number of hydrogen-bond donors (Lipinski definition) is 1. The van der Waals surface area contributed by atoms with Crippen molar-refractivity contribution in [3.63, 3.8) is 0 Å². The summed E-state index contributed by atoms with van der Waals surface area (Å²) in [6.07, 6.45) is 1.31. The number of nitrogens with one attached hydrogen (secondary N) is 1. The predicted octanol–water partition coefficient (Wildman–Crippen LogP) is 5.13. The van der Waals surface area contributed by atoms with Gasteiger partial charge in [0.25, 0.3) is 0 Å². The molecule has 0 aliphatic rings. The predicted molar refractivity (Wildman–Crippen MR) is 143 cm³/mol. The fraction of sp³-hybridized carbons (Fsp3) is 0.417. The largest absolute Gasteiger partial charge is 0.350 e. The molecule has 192 valence electrons. The number of rotatable bonds is 9. The molecule has 0 saturated heterocycles. The zero-order chi connectivity index (χ0) is 26.6. The van der Waals surface area contributed by atoms with Crippen LogP contribution in [0.3, 0.4) is 0 Å². The van der Waals surface area contributed by atoms with Crippen molar-refractivity contribution in [2.24, 2.45) is 0 Å². The van der Waals surface area contributed by atoms with Crippen LogP contribution in [0.5, 0.6) is 0 Å². The number of halogens is 3. The normalized spacial score (nSPS) is 12.7. The number of nitrogens with zero attached hydrogens (tertiary/aromatic N) is 2. The molecular weight excluding hydrogens is 533 g/mol. The molecule has 35 heavy (non-hydrogen) atoms. The third-order valence-electron chi connectivity index (χ3n) is 5.01. The summed E-state index contributed by atoms with van der Waals surface area (Å²) < 4.78 is 26.2. The number of carbonyl (C=O) groups excluding carboxylic acids is 2. The fourth-order valence-electron chi connectivity index (χ4n) is 3.44. The summed E-state index contributed by atoms with van der Waals surface area (Å²) in [5, 5.41) is 3.85. The molecule has 2 rings (SSSR count). The lowest BCUT2D eigenvalue weighted by molar-refractivity contribution is -0.141. The van der Waals surface area contributed by atoms with Crippen molar-refractivity contribution in [2.45, 2.75) is 52.2 Å². The van der Waals surface area contributed by atoms with Crippen LogP contribution in [-0.2, 0) is 26.2 Å². The Morgan fingerprint density at radius 3 is 2.06 bits per heavy atom. The van der Waals surface area contributed by atoms with Gasteiger partial charge in [-0.05, 0) is 63.1 Å². The lowest BCUT2D eigenvalue weighted by atomic mass is 10.1. The van der Waals surface area contributed by atoms with Crippen LogP contribution in [0.25, 0.3) is 0 Å². The zero-order valence-electron chi connectivity index (χ0n) is 20.3. The zero-order valence-corrected chi connectivity index (χ0v) is 23.4. The van der Waals surface area contributed by atoms with Gasteiger partial charge >= 0.3 is 0 Å². The third-order valence-corrected chi connectivity index (χ3v) is 6.92. The highest BCUT2D eigenvalue weighted by atomic mass is 35.5. The van der Waals surface area contributed by atoms with Gasteiger partial charge in [0.05, 0.1) is 17.0 Å². The van der Waals surface area contributed by atoms with E-state index in [1.54, 1.807) is 31.2 Å². The summed E-state index contributed by atoms with van der Waals surface area (Å²) >= 11 is 18.2. The Bertz CT molecular complexity index is 1170. The van der Waals surface area contributed by atoms with Crippen molar-refractivity contribution in [1.29, 1.82) is 0 Å². The highest BCUT2D eigenvalue weighted by Crippen LogP contribution is 2.30. The van der Waals surface area contributed by atoms with E-state index in [0.717, 1.165) is 16.1 Å². The van der Waals surface area contributed by atoms with Gasteiger partial charge < -0.3 is 10.2 Å². The molecule has 1 atom stereocenters. The van der Waals surface area contributed by atoms with Crippen molar-refractivity contribution in [2.75, 3.05) is 17.1 Å². The second kappa shape index (κ2) is 11.8. The molecule has 0 heterocycles. The molecular formula is C24H30Cl3N3O4S. The summed E-state index contributed by atoms with van der Waals surface area (Å²) in [6.45, 7) is 6.86. The molecule has 0 radical (unpaired) electrons. The van der Waals surface area contributed by atoms with Crippen LogP contribution in [0.15, 0.2) is 42.5 Å². The Morgan fingerprint density at radius 1 is 1.00 bits per heavy atom. The quantitative estimate of drug-likeness (QED) is 0.459. The van der Waals surface area contributed by atoms with Crippen LogP contribution in [0.1, 0.15) is 39.7 Å². The second-order valence-corrected chi connectivity index (χ2v) is 12.4. The Balaban J connectivity index is 2.48. The second-order valence-electron chi connectivity index (χ2n) is 9.18. The molecule has 0 aliphatic heterocycles. The fourth-order valence-corrected chi connectivity index (χ4v) is 4.99. The van der Waals surface area contributed by atoms with Gasteiger partial charge in [-0.1, -0.05) is 53.9 Å². The maximum atomic E-state index is 13.6. The molecule has 0 aliphatic carbocycles. The van der Waals surface area contributed by atoms with E-state index in [-0.39, 0.29) is 23.2 Å². The molecule has 2 aromatic carbocycles. The van der Waals surface area contributed by atoms with E-state index in [9.17, 15) is 18.0 Å². The Morgan fingerprint density at radius 2 is 1.57 bits per heavy atom. The van der Waals surface area contributed by atoms with Crippen molar-refractivity contribution < 1.29 is 18.0 Å². The van der Waals surface area contributed by atoms with Crippen LogP contribution in [0.4, 0.5) is 5.69 Å². The van der Waals surface area contributed by atoms with Gasteiger partial charge in [-0.25, -0.2) is 8.42 Å². The van der Waals surface area contributed by atoms with E-state index in [4.69, 9.17) is 34.8 Å². The molecule has 11 heteroatoms. The topological polar surface area (TPSA) is 86.8 Å². The SMILES string of the molecule is CCC(C(=O)NC(C)(C)C)N(Cc1ccc(Cl)cc1)C(=O)CN(c1ccc(Cl)cc1Cl)S(C)(=O)=O. The summed E-state index contributed by atoms with van der Waals surface area (Å²) in [6, 6.07) is 10.4. The standard InChI is InChI=1S/C24H30Cl3N3O4S/c1-6-20(23(32)28-24(2,3)4)29(14-16-7-9-17(25)10-8-16)22(31)15-30(35(5,33)34)21-12-11-18(26)13-19(21)27/h7-13,20H,6,14-15H2,1-5H3,(H,28,32). The van der Waals surface area contributed by atoms with Gasteiger partial charge in [0.2, 0.25) is 21.8 Å². The van der Waals surface area contributed by atoms with Crippen LogP contribution in [-0.4, -0.2) is 49.5 Å². The average molecular weight is 563 g/mol. The van der Waals surface area contributed by atoms with Crippen LogP contribution < -0.4 is 9.62 Å². The van der Waals surface area contributed by atoms with Gasteiger partial charge in [-0.3, -0.25) is 13.9 Å². The minimum absolute atomic E-state index is 0.0810. The molecule has 0 fully saturated rings. The number of benzene rings is 2. The average Bonchev–Trinajstić information content (AvgIpc) is 2.71. The summed E-state index contributed by atoms with van der Waals surface area (Å²) in [4.78, 5) is 28.2. The number of amides is 2. The van der Waals surface area contributed by atoms with E-state index in [0.29, 0.717) is 16.5 Å². The van der Waals surface area contributed by atoms with Crippen molar-refractivity contribution in [1.82, 2.24) is 10.2 Å². The third kappa shape index (κ3) is 8.56. The van der Waals surface area contributed by atoms with Gasteiger partial charge in [0, 0.05) is 22.1 Å². The number of hydrogen-bond acceptors (Lipinski definition) is 4. The van der Waals surface area contributed by atoms with E-state index < -0.39 is 34.1 Å². The molecule has 0 bridgehead atoms. The first-order valence-electron chi connectivity index (χ1n) is 10.9. The Hall–Kier alpha value is -2.00. The molecule has 2 aromatic rings. The van der Waals surface area contributed by atoms with E-state index in [1.165, 1.54) is 23.1 Å². The van der Waals surface area contributed by atoms with Crippen LogP contribution in [0, 0.1) is 0 Å². The van der Waals surface area contributed by atoms with Gasteiger partial charge in [-0.2, -0.15) is 0 Å². The maximum absolute atomic E-state index is 13.6. The lowest BCUT2D eigenvalue weighted by Gasteiger charge is -2.34. The first kappa shape index (κ1) is 29.2. The van der Waals surface area contributed by atoms with Crippen molar-refractivity contribution in [3.05, 3.63) is 63.1 Å². The van der Waals surface area contributed by atoms with E-state index in [1.807, 2.05) is 20.8 Å². The van der Waals surface area contributed by atoms with Gasteiger partial charge in [0.15, 0.2) is 0 Å². The van der Waals surface area contributed by atoms with Crippen molar-refractivity contribution >= 4 is 62.3 Å².